The maximum Gasteiger partial charge on any atom is 0.323 e. The van der Waals surface area contributed by atoms with E-state index in [1.165, 1.54) is 0 Å². The summed E-state index contributed by atoms with van der Waals surface area (Å²) in [6.07, 6.45) is 3.96. The first kappa shape index (κ1) is 11.7. The number of imidazole rings is 1. The fourth-order valence-electron chi connectivity index (χ4n) is 1.19. The summed E-state index contributed by atoms with van der Waals surface area (Å²) in [5, 5.41) is 12.1. The molecule has 0 saturated heterocycles. The van der Waals surface area contributed by atoms with Gasteiger partial charge in [0.05, 0.1) is 12.0 Å². The summed E-state index contributed by atoms with van der Waals surface area (Å²) >= 11 is 0. The molecule has 0 fully saturated rings. The molecule has 1 heterocycles. The van der Waals surface area contributed by atoms with Gasteiger partial charge in [0, 0.05) is 19.8 Å². The van der Waals surface area contributed by atoms with E-state index in [1.54, 1.807) is 19.4 Å². The summed E-state index contributed by atoms with van der Waals surface area (Å²) in [4.78, 5) is 15.0. The van der Waals surface area contributed by atoms with E-state index in [9.17, 15) is 4.79 Å². The quantitative estimate of drug-likeness (QED) is 0.754. The summed E-state index contributed by atoms with van der Waals surface area (Å²) in [7, 11) is 1.88. The highest BCUT2D eigenvalue weighted by atomic mass is 16.4. The van der Waals surface area contributed by atoms with Gasteiger partial charge in [-0.3, -0.25) is 10.1 Å². The Hall–Kier alpha value is -1.36. The summed E-state index contributed by atoms with van der Waals surface area (Å²) in [5.74, 6) is -0.827. The molecule has 84 valence electrons. The molecule has 0 spiro atoms. The van der Waals surface area contributed by atoms with Crippen LogP contribution in [0.25, 0.3) is 0 Å². The molecule has 0 bridgehead atoms. The number of rotatable bonds is 5. The lowest BCUT2D eigenvalue weighted by atomic mass is 9.99. The Kier molecular flexibility index (Phi) is 3.47. The molecule has 0 aliphatic carbocycles. The van der Waals surface area contributed by atoms with E-state index < -0.39 is 11.5 Å². The van der Waals surface area contributed by atoms with E-state index in [0.29, 0.717) is 13.0 Å². The number of aliphatic carboxylic acids is 1. The molecule has 1 aromatic heterocycles. The van der Waals surface area contributed by atoms with Crippen LogP contribution in [0.3, 0.4) is 0 Å². The van der Waals surface area contributed by atoms with Gasteiger partial charge in [0.25, 0.3) is 0 Å². The lowest BCUT2D eigenvalue weighted by Gasteiger charge is -2.24. The third-order valence-electron chi connectivity index (χ3n) is 2.76. The van der Waals surface area contributed by atoms with Gasteiger partial charge in [-0.25, -0.2) is 4.98 Å². The van der Waals surface area contributed by atoms with Crippen molar-refractivity contribution in [3.05, 3.63) is 18.2 Å². The van der Waals surface area contributed by atoms with E-state index in [0.717, 1.165) is 5.69 Å². The normalized spacial score (nSPS) is 14.9. The van der Waals surface area contributed by atoms with Crippen LogP contribution in [0.4, 0.5) is 0 Å². The molecule has 0 aromatic carbocycles. The smallest absolute Gasteiger partial charge is 0.323 e. The zero-order valence-electron chi connectivity index (χ0n) is 9.32. The predicted octanol–water partition coefficient (Wildman–Crippen LogP) is 0.763. The van der Waals surface area contributed by atoms with Crippen LogP contribution in [0.1, 0.15) is 26.0 Å². The van der Waals surface area contributed by atoms with Crippen LogP contribution in [0.15, 0.2) is 12.5 Å². The van der Waals surface area contributed by atoms with Crippen molar-refractivity contribution in [2.75, 3.05) is 0 Å². The van der Waals surface area contributed by atoms with E-state index in [4.69, 9.17) is 5.11 Å². The number of aryl methyl sites for hydroxylation is 1. The van der Waals surface area contributed by atoms with Crippen LogP contribution < -0.4 is 5.32 Å². The Balaban J connectivity index is 2.63. The summed E-state index contributed by atoms with van der Waals surface area (Å²) in [6, 6.07) is 0. The molecular formula is C10H17N3O2. The standard InChI is InChI=1S/C10H17N3O2/c1-4-10(2,9(14)15)12-6-8-5-11-7-13(8)3/h5,7,12H,4,6H2,1-3H3,(H,14,15). The van der Waals surface area contributed by atoms with Gasteiger partial charge in [-0.2, -0.15) is 0 Å². The Morgan fingerprint density at radius 1 is 1.73 bits per heavy atom. The number of carbonyl (C=O) groups is 1. The second kappa shape index (κ2) is 4.44. The zero-order valence-corrected chi connectivity index (χ0v) is 9.32. The Bertz CT molecular complexity index is 348. The second-order valence-corrected chi connectivity index (χ2v) is 3.84. The lowest BCUT2D eigenvalue weighted by molar-refractivity contribution is -0.144. The maximum atomic E-state index is 11.0. The first-order valence-electron chi connectivity index (χ1n) is 4.93. The molecule has 0 amide bonds. The van der Waals surface area contributed by atoms with Crippen LogP contribution in [-0.4, -0.2) is 26.2 Å². The third-order valence-corrected chi connectivity index (χ3v) is 2.76. The Morgan fingerprint density at radius 3 is 2.80 bits per heavy atom. The molecule has 1 aromatic rings. The number of nitrogens with one attached hydrogen (secondary N) is 1. The number of nitrogens with zero attached hydrogens (tertiary/aromatic N) is 2. The minimum Gasteiger partial charge on any atom is -0.480 e. The molecular weight excluding hydrogens is 194 g/mol. The summed E-state index contributed by atoms with van der Waals surface area (Å²) < 4.78 is 1.87. The predicted molar refractivity (Wildman–Crippen MR) is 56.4 cm³/mol. The monoisotopic (exact) mass is 211 g/mol. The summed E-state index contributed by atoms with van der Waals surface area (Å²) in [6.45, 7) is 4.04. The van der Waals surface area contributed by atoms with Crippen LogP contribution >= 0.6 is 0 Å². The van der Waals surface area contributed by atoms with Gasteiger partial charge in [0.2, 0.25) is 0 Å². The fourth-order valence-corrected chi connectivity index (χ4v) is 1.19. The van der Waals surface area contributed by atoms with Crippen molar-refractivity contribution in [3.8, 4) is 0 Å². The van der Waals surface area contributed by atoms with Gasteiger partial charge in [-0.05, 0) is 13.3 Å². The largest absolute Gasteiger partial charge is 0.480 e. The minimum absolute atomic E-state index is 0.507. The van der Waals surface area contributed by atoms with Crippen molar-refractivity contribution in [1.82, 2.24) is 14.9 Å². The van der Waals surface area contributed by atoms with Crippen LogP contribution in [0.5, 0.6) is 0 Å². The van der Waals surface area contributed by atoms with E-state index in [2.05, 4.69) is 10.3 Å². The first-order chi connectivity index (χ1) is 6.99. The molecule has 0 saturated carbocycles. The molecule has 0 aliphatic rings. The van der Waals surface area contributed by atoms with Crippen molar-refractivity contribution in [3.63, 3.8) is 0 Å². The molecule has 15 heavy (non-hydrogen) atoms. The molecule has 2 N–H and O–H groups in total. The van der Waals surface area contributed by atoms with Gasteiger partial charge in [0.1, 0.15) is 5.54 Å². The average Bonchev–Trinajstić information content (AvgIpc) is 2.60. The number of hydrogen-bond donors (Lipinski definition) is 2. The van der Waals surface area contributed by atoms with Crippen molar-refractivity contribution in [1.29, 1.82) is 0 Å². The van der Waals surface area contributed by atoms with Crippen LogP contribution in [0, 0.1) is 0 Å². The molecule has 1 rings (SSSR count). The minimum atomic E-state index is -0.871. The Labute approximate surface area is 89.1 Å². The summed E-state index contributed by atoms with van der Waals surface area (Å²) in [5.41, 5.74) is 0.0977. The third kappa shape index (κ3) is 2.56. The van der Waals surface area contributed by atoms with Gasteiger partial charge in [-0.1, -0.05) is 6.92 Å². The van der Waals surface area contributed by atoms with Crippen molar-refractivity contribution < 1.29 is 9.90 Å². The average molecular weight is 211 g/mol. The van der Waals surface area contributed by atoms with Crippen LogP contribution in [0.2, 0.25) is 0 Å². The highest BCUT2D eigenvalue weighted by Gasteiger charge is 2.30. The highest BCUT2D eigenvalue weighted by Crippen LogP contribution is 2.10. The van der Waals surface area contributed by atoms with Crippen molar-refractivity contribution >= 4 is 5.97 Å². The van der Waals surface area contributed by atoms with Gasteiger partial charge in [-0.15, -0.1) is 0 Å². The molecule has 5 nitrogen and oxygen atoms in total. The van der Waals surface area contributed by atoms with Crippen molar-refractivity contribution in [2.45, 2.75) is 32.4 Å². The number of carboxylic acid groups (broad SMARTS) is 1. The molecule has 0 radical (unpaired) electrons. The molecule has 1 unspecified atom stereocenters. The van der Waals surface area contributed by atoms with Gasteiger partial charge >= 0.3 is 5.97 Å². The number of aromatic nitrogens is 2. The van der Waals surface area contributed by atoms with Crippen molar-refractivity contribution in [2.24, 2.45) is 7.05 Å². The molecule has 0 aliphatic heterocycles. The van der Waals surface area contributed by atoms with Gasteiger partial charge in [0.15, 0.2) is 0 Å². The highest BCUT2D eigenvalue weighted by molar-refractivity contribution is 5.78. The zero-order chi connectivity index (χ0) is 11.5. The maximum absolute atomic E-state index is 11.0. The topological polar surface area (TPSA) is 67.2 Å². The SMILES string of the molecule is CCC(C)(NCc1cncn1C)C(=O)O. The lowest BCUT2D eigenvalue weighted by Crippen LogP contribution is -2.48. The fraction of sp³-hybridized carbons (Fsp3) is 0.600. The molecule has 5 heteroatoms. The van der Waals surface area contributed by atoms with E-state index in [-0.39, 0.29) is 0 Å². The first-order valence-corrected chi connectivity index (χ1v) is 4.93. The second-order valence-electron chi connectivity index (χ2n) is 3.84. The Morgan fingerprint density at radius 2 is 2.40 bits per heavy atom. The van der Waals surface area contributed by atoms with Crippen LogP contribution in [-0.2, 0) is 18.4 Å². The van der Waals surface area contributed by atoms with Gasteiger partial charge < -0.3 is 9.67 Å². The van der Waals surface area contributed by atoms with E-state index in [1.807, 2.05) is 18.5 Å². The number of hydrogen-bond acceptors (Lipinski definition) is 3. The molecule has 1 atom stereocenters. The number of carboxylic acids is 1. The van der Waals surface area contributed by atoms with E-state index >= 15 is 0 Å².